The summed E-state index contributed by atoms with van der Waals surface area (Å²) in [7, 11) is 0. The van der Waals surface area contributed by atoms with Gasteiger partial charge in [0.25, 0.3) is 0 Å². The predicted octanol–water partition coefficient (Wildman–Crippen LogP) is 3.52. The highest BCUT2D eigenvalue weighted by molar-refractivity contribution is 9.10. The maximum atomic E-state index is 12.3. The van der Waals surface area contributed by atoms with Crippen molar-refractivity contribution in [2.24, 2.45) is 11.0 Å². The third kappa shape index (κ3) is 5.16. The number of rotatable bonds is 5. The summed E-state index contributed by atoms with van der Waals surface area (Å²) in [6, 6.07) is 15.2. The van der Waals surface area contributed by atoms with Crippen molar-refractivity contribution >= 4 is 28.1 Å². The second kappa shape index (κ2) is 8.96. The van der Waals surface area contributed by atoms with Crippen LogP contribution in [0.4, 0.5) is 0 Å². The van der Waals surface area contributed by atoms with Gasteiger partial charge in [0.2, 0.25) is 5.91 Å². The maximum absolute atomic E-state index is 12.3. The lowest BCUT2D eigenvalue weighted by atomic mass is 9.96. The number of nitrogens with zero attached hydrogens (tertiary/aromatic N) is 2. The quantitative estimate of drug-likeness (QED) is 0.579. The normalized spacial score (nSPS) is 16.0. The molecule has 2 N–H and O–H groups in total. The Bertz CT molecular complexity index is 769. The Morgan fingerprint density at radius 2 is 1.88 bits per heavy atom. The molecule has 26 heavy (non-hydrogen) atoms. The highest BCUT2D eigenvalue weighted by Crippen LogP contribution is 2.20. The molecule has 136 valence electrons. The van der Waals surface area contributed by atoms with Gasteiger partial charge in [-0.3, -0.25) is 9.69 Å². The van der Waals surface area contributed by atoms with E-state index in [1.807, 2.05) is 6.07 Å². The summed E-state index contributed by atoms with van der Waals surface area (Å²) in [5.74, 6) is 0.0735. The molecule has 2 aromatic rings. The Labute approximate surface area is 161 Å². The van der Waals surface area contributed by atoms with Crippen molar-refractivity contribution in [2.45, 2.75) is 19.4 Å². The van der Waals surface area contributed by atoms with Crippen molar-refractivity contribution < 1.29 is 9.90 Å². The van der Waals surface area contributed by atoms with Gasteiger partial charge in [-0.05, 0) is 55.8 Å². The minimum absolute atomic E-state index is 0.0160. The number of carbonyl (C=O) groups is 1. The van der Waals surface area contributed by atoms with Gasteiger partial charge in [0.15, 0.2) is 0 Å². The number of aromatic hydroxyl groups is 1. The Hall–Kier alpha value is -2.18. The fraction of sp³-hybridized carbons (Fsp3) is 0.300. The fourth-order valence-electron chi connectivity index (χ4n) is 3.05. The van der Waals surface area contributed by atoms with Crippen LogP contribution in [0, 0.1) is 5.92 Å². The Morgan fingerprint density at radius 1 is 1.19 bits per heavy atom. The van der Waals surface area contributed by atoms with Crippen LogP contribution in [0.3, 0.4) is 0 Å². The molecule has 5 nitrogen and oxygen atoms in total. The van der Waals surface area contributed by atoms with Gasteiger partial charge in [0, 0.05) is 22.5 Å². The van der Waals surface area contributed by atoms with Crippen LogP contribution < -0.4 is 5.43 Å². The molecule has 1 fully saturated rings. The number of hydrogen-bond acceptors (Lipinski definition) is 4. The average molecular weight is 416 g/mol. The van der Waals surface area contributed by atoms with E-state index < -0.39 is 0 Å². The first kappa shape index (κ1) is 18.6. The zero-order valence-corrected chi connectivity index (χ0v) is 16.0. The minimum atomic E-state index is -0.0556. The van der Waals surface area contributed by atoms with Gasteiger partial charge >= 0.3 is 0 Å². The number of halogens is 1. The van der Waals surface area contributed by atoms with Gasteiger partial charge < -0.3 is 5.11 Å². The molecule has 0 unspecified atom stereocenters. The number of benzene rings is 2. The summed E-state index contributed by atoms with van der Waals surface area (Å²) in [5.41, 5.74) is 4.46. The van der Waals surface area contributed by atoms with Gasteiger partial charge in [-0.25, -0.2) is 5.43 Å². The van der Waals surface area contributed by atoms with E-state index in [1.165, 1.54) is 11.8 Å². The van der Waals surface area contributed by atoms with Gasteiger partial charge in [0.05, 0.1) is 6.21 Å². The SMILES string of the molecule is O=C(NN=Cc1ccccc1O)C1CCN(Cc2ccc(Br)cc2)CC1. The first-order chi connectivity index (χ1) is 12.6. The molecular formula is C20H22BrN3O2. The number of hydrogen-bond donors (Lipinski definition) is 2. The van der Waals surface area contributed by atoms with Crippen molar-refractivity contribution in [3.8, 4) is 5.75 Å². The standard InChI is InChI=1S/C20H22BrN3O2/c21-18-7-5-15(6-8-18)14-24-11-9-16(10-12-24)20(26)23-22-13-17-3-1-2-4-19(17)25/h1-8,13,16,25H,9-12,14H2,(H,23,26). The largest absolute Gasteiger partial charge is 0.507 e. The van der Waals surface area contributed by atoms with Crippen molar-refractivity contribution in [3.63, 3.8) is 0 Å². The fourth-order valence-corrected chi connectivity index (χ4v) is 3.32. The molecular weight excluding hydrogens is 394 g/mol. The molecule has 0 atom stereocenters. The second-order valence-electron chi connectivity index (χ2n) is 6.47. The molecule has 1 saturated heterocycles. The molecule has 3 rings (SSSR count). The van der Waals surface area contributed by atoms with E-state index >= 15 is 0 Å². The van der Waals surface area contributed by atoms with Gasteiger partial charge in [0.1, 0.15) is 5.75 Å². The molecule has 1 heterocycles. The van der Waals surface area contributed by atoms with E-state index in [0.29, 0.717) is 5.56 Å². The number of likely N-dealkylation sites (tertiary alicyclic amines) is 1. The van der Waals surface area contributed by atoms with Crippen LogP contribution in [-0.2, 0) is 11.3 Å². The molecule has 1 amide bonds. The van der Waals surface area contributed by atoms with Gasteiger partial charge in [-0.2, -0.15) is 5.10 Å². The summed E-state index contributed by atoms with van der Waals surface area (Å²) in [4.78, 5) is 14.6. The van der Waals surface area contributed by atoms with Crippen LogP contribution in [0.5, 0.6) is 5.75 Å². The number of amides is 1. The molecule has 1 aliphatic heterocycles. The topological polar surface area (TPSA) is 64.9 Å². The number of nitrogens with one attached hydrogen (secondary N) is 1. The lowest BCUT2D eigenvalue weighted by Crippen LogP contribution is -2.39. The number of phenolic OH excluding ortho intramolecular Hbond substituents is 1. The highest BCUT2D eigenvalue weighted by atomic mass is 79.9. The summed E-state index contributed by atoms with van der Waals surface area (Å²) >= 11 is 3.45. The van der Waals surface area contributed by atoms with E-state index in [2.05, 4.69) is 55.6 Å². The number of hydrazone groups is 1. The zero-order valence-electron chi connectivity index (χ0n) is 14.4. The monoisotopic (exact) mass is 415 g/mol. The first-order valence-corrected chi connectivity index (χ1v) is 9.49. The molecule has 0 aliphatic carbocycles. The second-order valence-corrected chi connectivity index (χ2v) is 7.39. The number of phenols is 1. The lowest BCUT2D eigenvalue weighted by Gasteiger charge is -2.30. The summed E-state index contributed by atoms with van der Waals surface area (Å²) in [5, 5.41) is 13.6. The Morgan fingerprint density at radius 3 is 2.58 bits per heavy atom. The molecule has 1 aliphatic rings. The smallest absolute Gasteiger partial charge is 0.243 e. The number of carbonyl (C=O) groups excluding carboxylic acids is 1. The van der Waals surface area contributed by atoms with Crippen molar-refractivity contribution in [2.75, 3.05) is 13.1 Å². The first-order valence-electron chi connectivity index (χ1n) is 8.69. The third-order valence-electron chi connectivity index (χ3n) is 4.59. The zero-order chi connectivity index (χ0) is 18.4. The van der Waals surface area contributed by atoms with Gasteiger partial charge in [-0.1, -0.05) is 40.2 Å². The summed E-state index contributed by atoms with van der Waals surface area (Å²) < 4.78 is 1.08. The molecule has 2 aromatic carbocycles. The Balaban J connectivity index is 1.44. The molecule has 0 bridgehead atoms. The summed E-state index contributed by atoms with van der Waals surface area (Å²) in [6.07, 6.45) is 3.12. The average Bonchev–Trinajstić information content (AvgIpc) is 2.66. The molecule has 0 spiro atoms. The highest BCUT2D eigenvalue weighted by Gasteiger charge is 2.24. The van der Waals surface area contributed by atoms with Crippen LogP contribution in [-0.4, -0.2) is 35.2 Å². The van der Waals surface area contributed by atoms with E-state index in [9.17, 15) is 9.90 Å². The van der Waals surface area contributed by atoms with E-state index in [0.717, 1.165) is 36.9 Å². The van der Waals surface area contributed by atoms with Crippen molar-refractivity contribution in [3.05, 3.63) is 64.1 Å². The molecule has 6 heteroatoms. The number of piperidine rings is 1. The summed E-state index contributed by atoms with van der Waals surface area (Å²) in [6.45, 7) is 2.71. The van der Waals surface area contributed by atoms with E-state index in [1.54, 1.807) is 18.2 Å². The lowest BCUT2D eigenvalue weighted by molar-refractivity contribution is -0.126. The predicted molar refractivity (Wildman–Crippen MR) is 106 cm³/mol. The molecule has 0 aromatic heterocycles. The van der Waals surface area contributed by atoms with Gasteiger partial charge in [-0.15, -0.1) is 0 Å². The van der Waals surface area contributed by atoms with E-state index in [4.69, 9.17) is 0 Å². The van der Waals surface area contributed by atoms with Crippen molar-refractivity contribution in [1.82, 2.24) is 10.3 Å². The molecule has 0 radical (unpaired) electrons. The Kier molecular flexibility index (Phi) is 6.41. The van der Waals surface area contributed by atoms with Crippen LogP contribution in [0.2, 0.25) is 0 Å². The van der Waals surface area contributed by atoms with Crippen molar-refractivity contribution in [1.29, 1.82) is 0 Å². The van der Waals surface area contributed by atoms with E-state index in [-0.39, 0.29) is 17.6 Å². The third-order valence-corrected chi connectivity index (χ3v) is 5.12. The van der Waals surface area contributed by atoms with Crippen LogP contribution in [0.15, 0.2) is 58.1 Å². The van der Waals surface area contributed by atoms with Crippen LogP contribution in [0.25, 0.3) is 0 Å². The minimum Gasteiger partial charge on any atom is -0.507 e. The number of para-hydroxylation sites is 1. The van der Waals surface area contributed by atoms with Crippen LogP contribution in [0.1, 0.15) is 24.0 Å². The molecule has 0 saturated carbocycles. The maximum Gasteiger partial charge on any atom is 0.243 e. The van der Waals surface area contributed by atoms with Crippen LogP contribution >= 0.6 is 15.9 Å².